The summed E-state index contributed by atoms with van der Waals surface area (Å²) in [5.41, 5.74) is 6.31. The van der Waals surface area contributed by atoms with Crippen LogP contribution in [0.4, 0.5) is 0 Å². The van der Waals surface area contributed by atoms with E-state index < -0.39 is 6.51 Å². The first-order valence-electron chi connectivity index (χ1n) is 20.0. The van der Waals surface area contributed by atoms with Gasteiger partial charge in [0.25, 0.3) is 0 Å². The molecule has 5 atom stereocenters. The second-order valence-corrected chi connectivity index (χ2v) is 48.7. The molecule has 5 unspecified atom stereocenters. The van der Waals surface area contributed by atoms with E-state index in [1.165, 1.54) is 45.0 Å². The predicted molar refractivity (Wildman–Crippen MR) is 179 cm³/mol. The number of fused-ring (bicyclic) bond motifs is 10. The van der Waals surface area contributed by atoms with Crippen molar-refractivity contribution in [3.05, 3.63) is 71.8 Å². The van der Waals surface area contributed by atoms with Gasteiger partial charge in [-0.2, -0.15) is 0 Å². The quantitative estimate of drug-likeness (QED) is 0.215. The molecule has 2 aromatic rings. The summed E-state index contributed by atoms with van der Waals surface area (Å²) in [6, 6.07) is 25.6. The molecule has 2 heteroatoms. The van der Waals surface area contributed by atoms with Crippen LogP contribution in [0.2, 0.25) is 38.0 Å². The van der Waals surface area contributed by atoms with Gasteiger partial charge in [-0.3, -0.25) is 0 Å². The van der Waals surface area contributed by atoms with Crippen molar-refractivity contribution in [3.63, 3.8) is 0 Å². The van der Waals surface area contributed by atoms with Gasteiger partial charge in [0.05, 0.1) is 0 Å². The van der Waals surface area contributed by atoms with E-state index >= 15 is 0 Å². The Morgan fingerprint density at radius 1 is 0.511 bits per heavy atom. The topological polar surface area (TPSA) is 0 Å². The standard InChI is InChI=1S/C38H44P.C5H5.Fe/c1-3-7-28(8-4-1)35-12-11-30(36(35)29-9-5-2-6-10-29)23-39(37-31-15-24-13-25(17-31)18-32(37)16-24)38-33-19-26-14-27(21-33)22-34(38)20-26;1-2-4-5-3-1;/h1-12,24-27,31-34,37-38H,13-23H2;1-5H;. The Morgan fingerprint density at radius 3 is 1.36 bits per heavy atom. The molecule has 0 radical (unpaired) electrons. The Hall–Kier alpha value is -0.611. The fourth-order valence-corrected chi connectivity index (χ4v) is 117. The second-order valence-electron chi connectivity index (χ2n) is 23.2. The van der Waals surface area contributed by atoms with Gasteiger partial charge in [0, 0.05) is 0 Å². The monoisotopic (exact) mass is 652 g/mol. The van der Waals surface area contributed by atoms with Crippen molar-refractivity contribution in [2.24, 2.45) is 47.3 Å². The molecule has 20 rings (SSSR count). The van der Waals surface area contributed by atoms with Crippen molar-refractivity contribution in [2.45, 2.75) is 122 Å². The zero-order valence-corrected chi connectivity index (χ0v) is 28.7. The van der Waals surface area contributed by atoms with Crippen molar-refractivity contribution in [3.8, 4) is 0 Å². The Kier molecular flexibility index (Phi) is 1.87. The van der Waals surface area contributed by atoms with Gasteiger partial charge in [0.2, 0.25) is 0 Å². The molecule has 0 N–H and O–H groups in total. The van der Waals surface area contributed by atoms with Crippen molar-refractivity contribution >= 4 is 7.92 Å². The average molecular weight is 653 g/mol. The van der Waals surface area contributed by atoms with Crippen LogP contribution in [-0.4, -0.2) is 17.5 Å². The number of hydrogen-bond donors (Lipinski definition) is 0. The summed E-state index contributed by atoms with van der Waals surface area (Å²) in [5, 5.41) is 0. The molecular formula is C43H49FeP. The van der Waals surface area contributed by atoms with E-state index in [0.29, 0.717) is 0 Å². The molecule has 8 aliphatic carbocycles. The molecule has 45 heavy (non-hydrogen) atoms. The average Bonchev–Trinajstić information content (AvgIpc) is 4.00. The molecule has 18 fully saturated rings. The Balaban J connectivity index is 0.915. The number of benzene rings is 2. The molecule has 2 aromatic carbocycles. The van der Waals surface area contributed by atoms with Crippen LogP contribution in [0.15, 0.2) is 60.7 Å². The summed E-state index contributed by atoms with van der Waals surface area (Å²) in [6.07, 6.45) is 18.6. The fourth-order valence-electron chi connectivity index (χ4n) is 30.4. The number of hydrogen-bond acceptors (Lipinski definition) is 0. The van der Waals surface area contributed by atoms with Crippen LogP contribution >= 0.6 is 7.92 Å². The Labute approximate surface area is 260 Å². The molecule has 18 aliphatic rings. The van der Waals surface area contributed by atoms with Gasteiger partial charge in [-0.25, -0.2) is 0 Å². The van der Waals surface area contributed by atoms with Gasteiger partial charge < -0.3 is 0 Å². The SMILES string of the molecule is c1ccc([C]23[CH]4[CH]5[C]6(CP(C7C8CC9CC(C8)CC7C9)C7C8CC9CC(C8)CC7C9)[C]2(c2ccccc2)[Fe]54632789[CH]3[CH]2[CH]7[CH]8[CH]39)cc1. The Bertz CT molecular complexity index is 2160. The van der Waals surface area contributed by atoms with Crippen molar-refractivity contribution < 1.29 is 6.51 Å². The van der Waals surface area contributed by atoms with Crippen LogP contribution in [0.25, 0.3) is 0 Å². The van der Waals surface area contributed by atoms with E-state index in [9.17, 15) is 0 Å². The van der Waals surface area contributed by atoms with E-state index in [0.717, 1.165) is 60.3 Å². The first-order chi connectivity index (χ1) is 22.0. The molecule has 8 saturated carbocycles. The summed E-state index contributed by atoms with van der Waals surface area (Å²) < 4.78 is 2.37. The van der Waals surface area contributed by atoms with E-state index in [1.807, 2.05) is 17.3 Å². The summed E-state index contributed by atoms with van der Waals surface area (Å²) in [7, 11) is 0.155. The molecular weight excluding hydrogens is 603 g/mol. The molecule has 10 heterocycles. The fraction of sp³-hybridized carbons (Fsp3) is 0.721. The van der Waals surface area contributed by atoms with Crippen LogP contribution < -0.4 is 0 Å². The van der Waals surface area contributed by atoms with E-state index in [1.54, 1.807) is 64.2 Å². The molecule has 0 nitrogen and oxygen atoms in total. The Morgan fingerprint density at radius 2 is 0.933 bits per heavy atom. The zero-order valence-electron chi connectivity index (χ0n) is 26.7. The third kappa shape index (κ3) is 0.653. The molecule has 10 saturated heterocycles. The van der Waals surface area contributed by atoms with Gasteiger partial charge in [0.15, 0.2) is 0 Å². The van der Waals surface area contributed by atoms with E-state index in [4.69, 9.17) is 0 Å². The third-order valence-corrected chi connectivity index (χ3v) is 75.4. The van der Waals surface area contributed by atoms with Gasteiger partial charge in [-0.05, 0) is 0 Å². The zero-order chi connectivity index (χ0) is 28.2. The normalized spacial score (nSPS) is 80.8. The van der Waals surface area contributed by atoms with Crippen LogP contribution in [0, 0.1) is 47.3 Å². The van der Waals surface area contributed by atoms with Crippen LogP contribution in [0.5, 0.6) is 0 Å². The summed E-state index contributed by atoms with van der Waals surface area (Å²) in [6.45, 7) is -3.99. The second kappa shape index (κ2) is 3.79. The van der Waals surface area contributed by atoms with Gasteiger partial charge in [0.1, 0.15) is 0 Å². The minimum atomic E-state index is -3.99. The van der Waals surface area contributed by atoms with Gasteiger partial charge >= 0.3 is 262 Å². The van der Waals surface area contributed by atoms with Crippen molar-refractivity contribution in [1.29, 1.82) is 0 Å². The van der Waals surface area contributed by atoms with E-state index in [2.05, 4.69) is 60.7 Å². The first-order valence-corrected chi connectivity index (χ1v) is 27.8. The maximum atomic E-state index is 2.77. The van der Waals surface area contributed by atoms with Crippen LogP contribution in [-0.2, 0) is 15.1 Å². The minimum absolute atomic E-state index is 0.155. The van der Waals surface area contributed by atoms with Crippen molar-refractivity contribution in [2.75, 3.05) is 6.16 Å². The summed E-state index contributed by atoms with van der Waals surface area (Å²) >= 11 is 0. The van der Waals surface area contributed by atoms with Gasteiger partial charge in [-0.1, -0.05) is 0 Å². The third-order valence-electron chi connectivity index (χ3n) is 27.2. The molecule has 0 aromatic heterocycles. The van der Waals surface area contributed by atoms with Crippen LogP contribution in [0.3, 0.4) is 0 Å². The van der Waals surface area contributed by atoms with Gasteiger partial charge in [-0.15, -0.1) is 0 Å². The molecule has 234 valence electrons. The molecule has 8 bridgehead atoms. The van der Waals surface area contributed by atoms with Crippen LogP contribution in [0.1, 0.15) is 75.3 Å². The predicted octanol–water partition coefficient (Wildman–Crippen LogP) is 11.1. The van der Waals surface area contributed by atoms with Crippen molar-refractivity contribution in [1.82, 2.24) is 0 Å². The molecule has 0 amide bonds. The molecule has 10 aliphatic heterocycles. The maximum absolute atomic E-state index is 3.99. The summed E-state index contributed by atoms with van der Waals surface area (Å²) in [5.74, 6) is 9.21. The summed E-state index contributed by atoms with van der Waals surface area (Å²) in [4.78, 5) is 9.37. The number of rotatable bonds is 6. The van der Waals surface area contributed by atoms with E-state index in [-0.39, 0.29) is 7.92 Å². The first kappa shape index (κ1) is 22.2. The molecule has 1 spiro atoms.